The van der Waals surface area contributed by atoms with Gasteiger partial charge >= 0.3 is 0 Å². The highest BCUT2D eigenvalue weighted by atomic mass is 16.2. The van der Waals surface area contributed by atoms with Crippen molar-refractivity contribution in [2.75, 3.05) is 11.9 Å². The molecule has 0 unspecified atom stereocenters. The van der Waals surface area contributed by atoms with Gasteiger partial charge in [-0.3, -0.25) is 14.4 Å². The highest BCUT2D eigenvalue weighted by molar-refractivity contribution is 5.97. The smallest absolute Gasteiger partial charge is 0.279 e. The second-order valence-corrected chi connectivity index (χ2v) is 7.56. The zero-order chi connectivity index (χ0) is 20.4. The van der Waals surface area contributed by atoms with Gasteiger partial charge in [0.05, 0.1) is 13.0 Å². The van der Waals surface area contributed by atoms with Gasteiger partial charge in [-0.25, -0.2) is 0 Å². The van der Waals surface area contributed by atoms with E-state index in [-0.39, 0.29) is 36.1 Å². The summed E-state index contributed by atoms with van der Waals surface area (Å²) in [6.07, 6.45) is 0.747. The normalized spacial score (nSPS) is 13.3. The Morgan fingerprint density at radius 3 is 2.19 bits per heavy atom. The number of carbonyl (C=O) groups excluding carboxylic acids is 3. The maximum Gasteiger partial charge on any atom is 0.279 e. The van der Waals surface area contributed by atoms with Crippen molar-refractivity contribution in [3.63, 3.8) is 0 Å². The van der Waals surface area contributed by atoms with Crippen LogP contribution in [0.3, 0.4) is 0 Å². The fraction of sp³-hybridized carbons (Fsp3) is 0.550. The lowest BCUT2D eigenvalue weighted by Crippen LogP contribution is -2.94. The summed E-state index contributed by atoms with van der Waals surface area (Å²) in [4.78, 5) is 36.4. The standard InChI is InChI=1S/C20H32N4O3/c1-13(2)12-16(19(26)23-15-8-6-5-7-9-15)24-20(27)18(14(3)4)22-11-10-17(21)25/h5-9,13-14,16,18,22H,10-12H2,1-4H3,(H2,21,25)(H,23,26)(H,24,27)/p+1/t16-,18-/m0/s1. The van der Waals surface area contributed by atoms with E-state index in [9.17, 15) is 14.4 Å². The van der Waals surface area contributed by atoms with Crippen molar-refractivity contribution in [2.45, 2.75) is 52.6 Å². The molecule has 7 heteroatoms. The van der Waals surface area contributed by atoms with E-state index in [1.807, 2.05) is 51.2 Å². The molecule has 0 aliphatic heterocycles. The lowest BCUT2D eigenvalue weighted by Gasteiger charge is -2.24. The van der Waals surface area contributed by atoms with Crippen LogP contribution in [0.25, 0.3) is 0 Å². The molecule has 1 aromatic carbocycles. The zero-order valence-electron chi connectivity index (χ0n) is 16.7. The summed E-state index contributed by atoms with van der Waals surface area (Å²) in [7, 11) is 0. The highest BCUT2D eigenvalue weighted by Crippen LogP contribution is 2.11. The maximum atomic E-state index is 12.8. The van der Waals surface area contributed by atoms with Crippen molar-refractivity contribution in [1.82, 2.24) is 5.32 Å². The van der Waals surface area contributed by atoms with Crippen molar-refractivity contribution >= 4 is 23.4 Å². The van der Waals surface area contributed by atoms with Crippen LogP contribution in [0.15, 0.2) is 30.3 Å². The molecular weight excluding hydrogens is 344 g/mol. The van der Waals surface area contributed by atoms with E-state index in [0.29, 0.717) is 18.7 Å². The second kappa shape index (κ2) is 11.3. The molecule has 0 heterocycles. The number of amides is 3. The Kier molecular flexibility index (Phi) is 9.50. The Morgan fingerprint density at radius 1 is 1.04 bits per heavy atom. The monoisotopic (exact) mass is 377 g/mol. The summed E-state index contributed by atoms with van der Waals surface area (Å²) in [5, 5.41) is 7.56. The molecule has 0 saturated heterocycles. The van der Waals surface area contributed by atoms with E-state index in [2.05, 4.69) is 10.6 Å². The van der Waals surface area contributed by atoms with Gasteiger partial charge in [0.1, 0.15) is 6.04 Å². The van der Waals surface area contributed by atoms with Gasteiger partial charge < -0.3 is 21.7 Å². The molecule has 1 rings (SSSR count). The van der Waals surface area contributed by atoms with E-state index in [0.717, 1.165) is 0 Å². The number of para-hydroxylation sites is 1. The number of nitrogens with one attached hydrogen (secondary N) is 2. The Balaban J connectivity index is 2.78. The molecule has 3 amide bonds. The molecule has 0 aliphatic carbocycles. The molecule has 0 bridgehead atoms. The third-order valence-corrected chi connectivity index (χ3v) is 4.21. The maximum absolute atomic E-state index is 12.8. The van der Waals surface area contributed by atoms with Crippen molar-refractivity contribution in [1.29, 1.82) is 0 Å². The number of quaternary nitrogens is 1. The molecule has 7 nitrogen and oxygen atoms in total. The predicted octanol–water partition coefficient (Wildman–Crippen LogP) is 0.619. The Bertz CT molecular complexity index is 617. The lowest BCUT2D eigenvalue weighted by molar-refractivity contribution is -0.681. The molecule has 0 radical (unpaired) electrons. The number of anilines is 1. The van der Waals surface area contributed by atoms with Gasteiger partial charge in [-0.05, 0) is 24.5 Å². The number of nitrogens with two attached hydrogens (primary N) is 2. The van der Waals surface area contributed by atoms with Crippen molar-refractivity contribution in [3.8, 4) is 0 Å². The molecule has 6 N–H and O–H groups in total. The summed E-state index contributed by atoms with van der Waals surface area (Å²) >= 11 is 0. The van der Waals surface area contributed by atoms with Crippen molar-refractivity contribution in [2.24, 2.45) is 17.6 Å². The molecule has 0 fully saturated rings. The number of carbonyl (C=O) groups is 3. The zero-order valence-corrected chi connectivity index (χ0v) is 16.7. The van der Waals surface area contributed by atoms with Crippen LogP contribution in [0.1, 0.15) is 40.5 Å². The quantitative estimate of drug-likeness (QED) is 0.453. The molecular formula is C20H33N4O3+. The van der Waals surface area contributed by atoms with Crippen LogP contribution >= 0.6 is 0 Å². The Labute approximate surface area is 161 Å². The highest BCUT2D eigenvalue weighted by Gasteiger charge is 2.30. The number of rotatable bonds is 11. The van der Waals surface area contributed by atoms with Gasteiger partial charge in [-0.15, -0.1) is 0 Å². The molecule has 0 aliphatic rings. The first-order valence-electron chi connectivity index (χ1n) is 9.48. The molecule has 1 aromatic rings. The topological polar surface area (TPSA) is 118 Å². The van der Waals surface area contributed by atoms with Crippen LogP contribution < -0.4 is 21.7 Å². The average molecular weight is 378 g/mol. The SMILES string of the molecule is CC(C)C[C@H](NC(=O)[C@@H]([NH2+]CCC(N)=O)C(C)C)C(=O)Nc1ccccc1. The molecule has 27 heavy (non-hydrogen) atoms. The number of benzene rings is 1. The van der Waals surface area contributed by atoms with Crippen LogP contribution in [0.4, 0.5) is 5.69 Å². The summed E-state index contributed by atoms with van der Waals surface area (Å²) in [5.41, 5.74) is 5.86. The van der Waals surface area contributed by atoms with E-state index in [1.54, 1.807) is 12.1 Å². The molecule has 2 atom stereocenters. The first kappa shape index (κ1) is 22.6. The van der Waals surface area contributed by atoms with Gasteiger partial charge in [0, 0.05) is 11.6 Å². The first-order valence-corrected chi connectivity index (χ1v) is 9.48. The van der Waals surface area contributed by atoms with Crippen molar-refractivity contribution in [3.05, 3.63) is 30.3 Å². The van der Waals surface area contributed by atoms with E-state index in [4.69, 9.17) is 5.73 Å². The van der Waals surface area contributed by atoms with Crippen LogP contribution in [0.5, 0.6) is 0 Å². The lowest BCUT2D eigenvalue weighted by atomic mass is 9.99. The van der Waals surface area contributed by atoms with Crippen molar-refractivity contribution < 1.29 is 19.7 Å². The number of hydrogen-bond donors (Lipinski definition) is 4. The van der Waals surface area contributed by atoms with Crippen LogP contribution in [0.2, 0.25) is 0 Å². The summed E-state index contributed by atoms with van der Waals surface area (Å²) in [6.45, 7) is 8.33. The molecule has 150 valence electrons. The van der Waals surface area contributed by atoms with Gasteiger partial charge in [0.2, 0.25) is 11.8 Å². The summed E-state index contributed by atoms with van der Waals surface area (Å²) < 4.78 is 0. The number of hydrogen-bond acceptors (Lipinski definition) is 3. The minimum Gasteiger partial charge on any atom is -0.369 e. The van der Waals surface area contributed by atoms with Crippen LogP contribution in [-0.4, -0.2) is 36.3 Å². The molecule has 0 spiro atoms. The Hall–Kier alpha value is -2.41. The fourth-order valence-corrected chi connectivity index (χ4v) is 2.81. The predicted molar refractivity (Wildman–Crippen MR) is 106 cm³/mol. The fourth-order valence-electron chi connectivity index (χ4n) is 2.81. The average Bonchev–Trinajstić information content (AvgIpc) is 2.57. The Morgan fingerprint density at radius 2 is 1.67 bits per heavy atom. The first-order chi connectivity index (χ1) is 12.7. The van der Waals surface area contributed by atoms with Crippen LogP contribution in [-0.2, 0) is 14.4 Å². The largest absolute Gasteiger partial charge is 0.369 e. The second-order valence-electron chi connectivity index (χ2n) is 7.56. The van der Waals surface area contributed by atoms with Gasteiger partial charge in [-0.2, -0.15) is 0 Å². The van der Waals surface area contributed by atoms with Crippen LogP contribution in [0, 0.1) is 11.8 Å². The summed E-state index contributed by atoms with van der Waals surface area (Å²) in [5.74, 6) is -0.539. The van der Waals surface area contributed by atoms with Gasteiger partial charge in [-0.1, -0.05) is 45.9 Å². The van der Waals surface area contributed by atoms with Gasteiger partial charge in [0.25, 0.3) is 5.91 Å². The third kappa shape index (κ3) is 8.68. The van der Waals surface area contributed by atoms with E-state index < -0.39 is 11.9 Å². The van der Waals surface area contributed by atoms with E-state index >= 15 is 0 Å². The minimum absolute atomic E-state index is 0.0507. The summed E-state index contributed by atoms with van der Waals surface area (Å²) in [6, 6.07) is 8.16. The third-order valence-electron chi connectivity index (χ3n) is 4.21. The van der Waals surface area contributed by atoms with Gasteiger partial charge in [0.15, 0.2) is 6.04 Å². The van der Waals surface area contributed by atoms with E-state index in [1.165, 1.54) is 0 Å². The number of primary amides is 1. The molecule has 0 aromatic heterocycles. The minimum atomic E-state index is -0.622. The molecule has 0 saturated carbocycles.